The molecule has 0 unspecified atom stereocenters. The molecule has 0 saturated carbocycles. The van der Waals surface area contributed by atoms with Crippen molar-refractivity contribution < 1.29 is 23.8 Å². The summed E-state index contributed by atoms with van der Waals surface area (Å²) in [6.45, 7) is 7.22. The summed E-state index contributed by atoms with van der Waals surface area (Å²) in [5.41, 5.74) is 0.570. The molecule has 3 rings (SSSR count). The van der Waals surface area contributed by atoms with Crippen LogP contribution in [0.4, 0.5) is 4.79 Å². The summed E-state index contributed by atoms with van der Waals surface area (Å²) in [6, 6.07) is 19.1. The maximum atomic E-state index is 12.9. The quantitative estimate of drug-likeness (QED) is 0.622. The molecule has 1 aliphatic heterocycles. The number of cyclic esters (lactones) is 1. The summed E-state index contributed by atoms with van der Waals surface area (Å²) in [4.78, 5) is 25.2. The summed E-state index contributed by atoms with van der Waals surface area (Å²) in [5, 5.41) is 2.69. The van der Waals surface area contributed by atoms with E-state index in [1.54, 1.807) is 20.8 Å². The van der Waals surface area contributed by atoms with Crippen LogP contribution in [0.3, 0.4) is 0 Å². The highest BCUT2D eigenvalue weighted by Crippen LogP contribution is 2.29. The molecular weight excluding hydrogens is 418 g/mol. The van der Waals surface area contributed by atoms with Gasteiger partial charge in [-0.3, -0.25) is 0 Å². The lowest BCUT2D eigenvalue weighted by molar-refractivity contribution is -0.156. The van der Waals surface area contributed by atoms with Crippen molar-refractivity contribution in [2.24, 2.45) is 5.92 Å². The fraction of sp³-hybridized carbons (Fsp3) is 0.481. The third-order valence-corrected chi connectivity index (χ3v) is 5.63. The Morgan fingerprint density at radius 3 is 2.30 bits per heavy atom. The molecule has 6 heteroatoms. The molecule has 0 aliphatic carbocycles. The molecule has 1 fully saturated rings. The Bertz CT molecular complexity index is 894. The minimum absolute atomic E-state index is 0.135. The van der Waals surface area contributed by atoms with Crippen molar-refractivity contribution in [3.63, 3.8) is 0 Å². The molecule has 0 spiro atoms. The Hall–Kier alpha value is -3.02. The van der Waals surface area contributed by atoms with Crippen LogP contribution >= 0.6 is 0 Å². The number of hydrogen-bond acceptors (Lipinski definition) is 5. The van der Waals surface area contributed by atoms with E-state index < -0.39 is 29.8 Å². The van der Waals surface area contributed by atoms with Gasteiger partial charge >= 0.3 is 12.1 Å². The third kappa shape index (κ3) is 7.81. The second-order valence-corrected chi connectivity index (χ2v) is 9.62. The minimum Gasteiger partial charge on any atom is -0.486 e. The van der Waals surface area contributed by atoms with Gasteiger partial charge in [0.1, 0.15) is 29.6 Å². The third-order valence-electron chi connectivity index (χ3n) is 5.63. The molecule has 1 saturated heterocycles. The number of nitrogens with one attached hydrogen (secondary N) is 1. The van der Waals surface area contributed by atoms with E-state index in [1.165, 1.54) is 5.56 Å². The molecule has 1 N–H and O–H groups in total. The standard InChI is InChI=1S/C27H35NO5/c1-19-24(32-22-15-9-6-10-16-22)21(18-20-12-7-5-8-13-20)14-11-17-23(25(29)31-19)28-26(30)33-27(2,3)4/h5-10,12-13,15-16,19,21,23-24H,11,14,17-18H2,1-4H3,(H,28,30)/t19-,21+,23-,24-/m0/s1. The Labute approximate surface area is 196 Å². The molecule has 4 atom stereocenters. The molecule has 0 bridgehead atoms. The zero-order chi connectivity index (χ0) is 23.8. The highest BCUT2D eigenvalue weighted by atomic mass is 16.6. The lowest BCUT2D eigenvalue weighted by Crippen LogP contribution is -2.46. The topological polar surface area (TPSA) is 73.9 Å². The van der Waals surface area contributed by atoms with E-state index in [2.05, 4.69) is 17.4 Å². The summed E-state index contributed by atoms with van der Waals surface area (Å²) < 4.78 is 17.6. The van der Waals surface area contributed by atoms with Crippen LogP contribution in [0.5, 0.6) is 5.75 Å². The predicted molar refractivity (Wildman–Crippen MR) is 127 cm³/mol. The van der Waals surface area contributed by atoms with Gasteiger partial charge < -0.3 is 19.5 Å². The van der Waals surface area contributed by atoms with Gasteiger partial charge in [0.2, 0.25) is 0 Å². The number of para-hydroxylation sites is 1. The second-order valence-electron chi connectivity index (χ2n) is 9.62. The van der Waals surface area contributed by atoms with E-state index in [1.807, 2.05) is 55.5 Å². The second kappa shape index (κ2) is 11.2. The number of rotatable bonds is 5. The summed E-state index contributed by atoms with van der Waals surface area (Å²) in [7, 11) is 0. The maximum Gasteiger partial charge on any atom is 0.408 e. The summed E-state index contributed by atoms with van der Waals surface area (Å²) in [6.07, 6.45) is 1.44. The number of carbonyl (C=O) groups is 2. The average molecular weight is 454 g/mol. The smallest absolute Gasteiger partial charge is 0.408 e. The van der Waals surface area contributed by atoms with E-state index in [9.17, 15) is 9.59 Å². The van der Waals surface area contributed by atoms with E-state index in [0.29, 0.717) is 6.42 Å². The zero-order valence-electron chi connectivity index (χ0n) is 20.0. The van der Waals surface area contributed by atoms with Crippen molar-refractivity contribution >= 4 is 12.1 Å². The van der Waals surface area contributed by atoms with Crippen molar-refractivity contribution in [3.8, 4) is 5.75 Å². The van der Waals surface area contributed by atoms with Gasteiger partial charge in [-0.15, -0.1) is 0 Å². The van der Waals surface area contributed by atoms with E-state index in [-0.39, 0.29) is 12.0 Å². The Balaban J connectivity index is 1.79. The molecule has 0 aromatic heterocycles. The largest absolute Gasteiger partial charge is 0.486 e. The van der Waals surface area contributed by atoms with E-state index in [4.69, 9.17) is 14.2 Å². The van der Waals surface area contributed by atoms with Crippen LogP contribution in [0, 0.1) is 5.92 Å². The minimum atomic E-state index is -0.754. The van der Waals surface area contributed by atoms with Gasteiger partial charge in [0.25, 0.3) is 0 Å². The van der Waals surface area contributed by atoms with Gasteiger partial charge in [0.05, 0.1) is 0 Å². The van der Waals surface area contributed by atoms with E-state index >= 15 is 0 Å². The number of hydrogen-bond donors (Lipinski definition) is 1. The van der Waals surface area contributed by atoms with Crippen LogP contribution in [0.1, 0.15) is 52.5 Å². The molecule has 178 valence electrons. The van der Waals surface area contributed by atoms with Crippen LogP contribution in [0.2, 0.25) is 0 Å². The first kappa shape index (κ1) is 24.6. The van der Waals surface area contributed by atoms with Gasteiger partial charge in [-0.05, 0) is 64.7 Å². The normalized spacial score (nSPS) is 23.9. The zero-order valence-corrected chi connectivity index (χ0v) is 20.0. The van der Waals surface area contributed by atoms with Gasteiger partial charge in [0, 0.05) is 5.92 Å². The van der Waals surface area contributed by atoms with Crippen LogP contribution < -0.4 is 10.1 Å². The Kier molecular flexibility index (Phi) is 8.37. The number of benzene rings is 2. The molecule has 2 aromatic carbocycles. The highest BCUT2D eigenvalue weighted by Gasteiger charge is 2.36. The first-order valence-corrected chi connectivity index (χ1v) is 11.7. The Morgan fingerprint density at radius 1 is 1.03 bits per heavy atom. The molecular formula is C27H35NO5. The number of carbonyl (C=O) groups excluding carboxylic acids is 2. The fourth-order valence-corrected chi connectivity index (χ4v) is 4.15. The van der Waals surface area contributed by atoms with Crippen LogP contribution in [-0.4, -0.2) is 35.9 Å². The van der Waals surface area contributed by atoms with Gasteiger partial charge in [-0.25, -0.2) is 9.59 Å². The first-order chi connectivity index (χ1) is 15.7. The lowest BCUT2D eigenvalue weighted by atomic mass is 9.87. The van der Waals surface area contributed by atoms with Crippen LogP contribution in [0.25, 0.3) is 0 Å². The number of amides is 1. The molecule has 33 heavy (non-hydrogen) atoms. The Morgan fingerprint density at radius 2 is 1.67 bits per heavy atom. The van der Waals surface area contributed by atoms with Gasteiger partial charge in [-0.2, -0.15) is 0 Å². The molecule has 6 nitrogen and oxygen atoms in total. The first-order valence-electron chi connectivity index (χ1n) is 11.7. The SMILES string of the molecule is C[C@@H]1OC(=O)[C@@H](NC(=O)OC(C)(C)C)CCC[C@H](Cc2ccccc2)[C@H]1Oc1ccccc1. The fourth-order valence-electron chi connectivity index (χ4n) is 4.15. The molecule has 0 radical (unpaired) electrons. The monoisotopic (exact) mass is 453 g/mol. The summed E-state index contributed by atoms with van der Waals surface area (Å²) >= 11 is 0. The lowest BCUT2D eigenvalue weighted by Gasteiger charge is -2.31. The van der Waals surface area contributed by atoms with Crippen molar-refractivity contribution in [3.05, 3.63) is 66.2 Å². The van der Waals surface area contributed by atoms with E-state index in [0.717, 1.165) is 25.0 Å². The predicted octanol–water partition coefficient (Wildman–Crippen LogP) is 5.30. The van der Waals surface area contributed by atoms with Crippen LogP contribution in [0.15, 0.2) is 60.7 Å². The van der Waals surface area contributed by atoms with Crippen molar-refractivity contribution in [2.75, 3.05) is 0 Å². The molecule has 2 aromatic rings. The highest BCUT2D eigenvalue weighted by molar-refractivity contribution is 5.81. The molecule has 1 aliphatic rings. The average Bonchev–Trinajstić information content (AvgIpc) is 2.80. The van der Waals surface area contributed by atoms with Gasteiger partial charge in [0.15, 0.2) is 0 Å². The van der Waals surface area contributed by atoms with Crippen molar-refractivity contribution in [1.29, 1.82) is 0 Å². The van der Waals surface area contributed by atoms with Crippen molar-refractivity contribution in [1.82, 2.24) is 5.32 Å². The maximum absolute atomic E-state index is 12.9. The van der Waals surface area contributed by atoms with Crippen LogP contribution in [-0.2, 0) is 20.7 Å². The number of esters is 1. The number of ether oxygens (including phenoxy) is 3. The molecule has 1 heterocycles. The summed E-state index contributed by atoms with van der Waals surface area (Å²) in [5.74, 6) is 0.414. The number of alkyl carbamates (subject to hydrolysis) is 1. The van der Waals surface area contributed by atoms with Crippen molar-refractivity contribution in [2.45, 2.75) is 77.2 Å². The molecule has 1 amide bonds. The van der Waals surface area contributed by atoms with Gasteiger partial charge in [-0.1, -0.05) is 55.0 Å².